The summed E-state index contributed by atoms with van der Waals surface area (Å²) in [7, 11) is -0.362. The van der Waals surface area contributed by atoms with E-state index in [1.807, 2.05) is 24.6 Å². The van der Waals surface area contributed by atoms with E-state index < -0.39 is 16.0 Å². The number of methoxy groups -OCH3 is 1. The average molecular weight is 397 g/mol. The number of benzene rings is 1. The van der Waals surface area contributed by atoms with Crippen LogP contribution in [0.1, 0.15) is 17.0 Å². The van der Waals surface area contributed by atoms with Crippen LogP contribution in [0.4, 0.5) is 0 Å². The zero-order chi connectivity index (χ0) is 19.3. The van der Waals surface area contributed by atoms with Crippen molar-refractivity contribution in [1.29, 1.82) is 0 Å². The van der Waals surface area contributed by atoms with Crippen LogP contribution >= 0.6 is 11.6 Å². The maximum absolute atomic E-state index is 12.3. The predicted molar refractivity (Wildman–Crippen MR) is 102 cm³/mol. The number of sulfonamides is 1. The average Bonchev–Trinajstić information content (AvgIpc) is 2.88. The molecular weight excluding hydrogens is 376 g/mol. The van der Waals surface area contributed by atoms with Crippen LogP contribution in [0.5, 0.6) is 0 Å². The molecule has 26 heavy (non-hydrogen) atoms. The lowest BCUT2D eigenvalue weighted by Crippen LogP contribution is -2.26. The van der Waals surface area contributed by atoms with Gasteiger partial charge < -0.3 is 9.30 Å². The molecule has 0 amide bonds. The van der Waals surface area contributed by atoms with Gasteiger partial charge in [0.05, 0.1) is 12.0 Å². The molecule has 6 nitrogen and oxygen atoms in total. The molecule has 0 fully saturated rings. The summed E-state index contributed by atoms with van der Waals surface area (Å²) >= 11 is 5.78. The van der Waals surface area contributed by atoms with Gasteiger partial charge in [-0.1, -0.05) is 11.6 Å². The Morgan fingerprint density at radius 1 is 1.31 bits per heavy atom. The highest BCUT2D eigenvalue weighted by molar-refractivity contribution is 7.89. The van der Waals surface area contributed by atoms with Crippen LogP contribution in [0.3, 0.4) is 0 Å². The first kappa shape index (κ1) is 20.2. The molecule has 1 N–H and O–H groups in total. The normalized spacial score (nSPS) is 11.8. The van der Waals surface area contributed by atoms with Gasteiger partial charge in [0, 0.05) is 42.5 Å². The van der Waals surface area contributed by atoms with E-state index in [9.17, 15) is 13.2 Å². The number of nitrogens with zero attached hydrogens (tertiary/aromatic N) is 1. The number of nitrogens with one attached hydrogen (secondary N) is 1. The lowest BCUT2D eigenvalue weighted by atomic mass is 10.2. The molecule has 2 rings (SSSR count). The molecule has 0 radical (unpaired) electrons. The summed E-state index contributed by atoms with van der Waals surface area (Å²) < 4.78 is 33.7. The van der Waals surface area contributed by atoms with Gasteiger partial charge in [-0.25, -0.2) is 17.9 Å². The van der Waals surface area contributed by atoms with Gasteiger partial charge in [-0.2, -0.15) is 0 Å². The van der Waals surface area contributed by atoms with Crippen LogP contribution in [-0.2, 0) is 33.0 Å². The number of hydrogen-bond acceptors (Lipinski definition) is 4. The number of esters is 1. The summed E-state index contributed by atoms with van der Waals surface area (Å²) in [5.74, 6) is -0.425. The van der Waals surface area contributed by atoms with Crippen molar-refractivity contribution in [1.82, 2.24) is 9.29 Å². The molecule has 1 aromatic heterocycles. The van der Waals surface area contributed by atoms with Crippen molar-refractivity contribution in [2.24, 2.45) is 7.05 Å². The van der Waals surface area contributed by atoms with Gasteiger partial charge in [0.25, 0.3) is 0 Å². The molecule has 0 unspecified atom stereocenters. The number of aromatic nitrogens is 1. The molecule has 0 aliphatic rings. The summed E-state index contributed by atoms with van der Waals surface area (Å²) in [6.45, 7) is 2.18. The first-order valence-electron chi connectivity index (χ1n) is 7.91. The zero-order valence-corrected chi connectivity index (χ0v) is 16.4. The fourth-order valence-electron chi connectivity index (χ4n) is 2.43. The quantitative estimate of drug-likeness (QED) is 0.576. The Balaban J connectivity index is 2.04. The van der Waals surface area contributed by atoms with Crippen molar-refractivity contribution in [3.63, 3.8) is 0 Å². The second kappa shape index (κ2) is 8.53. The summed E-state index contributed by atoms with van der Waals surface area (Å²) in [6.07, 6.45) is 3.55. The number of carbonyl (C=O) groups excluding carboxylic acids is 1. The minimum absolute atomic E-state index is 0.173. The fourth-order valence-corrected chi connectivity index (χ4v) is 3.59. The minimum Gasteiger partial charge on any atom is -0.466 e. The predicted octanol–water partition coefficient (Wildman–Crippen LogP) is 2.69. The molecule has 1 heterocycles. The number of rotatable bonds is 7. The molecule has 8 heteroatoms. The Kier molecular flexibility index (Phi) is 6.63. The Labute approximate surface area is 158 Å². The van der Waals surface area contributed by atoms with Crippen LogP contribution in [0.25, 0.3) is 6.08 Å². The lowest BCUT2D eigenvalue weighted by Gasteiger charge is -2.08. The fraction of sp³-hybridized carbons (Fsp3) is 0.278. The minimum atomic E-state index is -3.58. The van der Waals surface area contributed by atoms with E-state index in [1.165, 1.54) is 37.5 Å². The standard InChI is InChI=1S/C18H21ClN2O4S/c1-13-14(4-9-18(22)25-3)12-16(21(13)2)10-11-20-26(23,24)17-7-5-15(19)6-8-17/h4-9,12,20H,10-11H2,1-3H3/b9-4+. The molecule has 1 aromatic carbocycles. The molecule has 0 bridgehead atoms. The van der Waals surface area contributed by atoms with E-state index in [4.69, 9.17) is 11.6 Å². The molecule has 0 saturated heterocycles. The first-order chi connectivity index (χ1) is 12.2. The van der Waals surface area contributed by atoms with Gasteiger partial charge in [-0.15, -0.1) is 0 Å². The van der Waals surface area contributed by atoms with Crippen LogP contribution in [0.2, 0.25) is 5.02 Å². The van der Waals surface area contributed by atoms with Crippen LogP contribution < -0.4 is 4.72 Å². The van der Waals surface area contributed by atoms with Gasteiger partial charge in [-0.05, 0) is 48.9 Å². The number of halogens is 1. The van der Waals surface area contributed by atoms with Gasteiger partial charge in [0.1, 0.15) is 0 Å². The monoisotopic (exact) mass is 396 g/mol. The van der Waals surface area contributed by atoms with Gasteiger partial charge >= 0.3 is 5.97 Å². The third-order valence-electron chi connectivity index (χ3n) is 4.07. The third-order valence-corrected chi connectivity index (χ3v) is 5.80. The molecule has 0 spiro atoms. The summed E-state index contributed by atoms with van der Waals surface area (Å²) in [5.41, 5.74) is 2.81. The highest BCUT2D eigenvalue weighted by Crippen LogP contribution is 2.17. The Bertz CT molecular complexity index is 915. The Hall–Kier alpha value is -2.09. The molecular formula is C18H21ClN2O4S. The van der Waals surface area contributed by atoms with Gasteiger partial charge in [0.15, 0.2) is 0 Å². The summed E-state index contributed by atoms with van der Waals surface area (Å²) in [5, 5.41) is 0.482. The second-order valence-corrected chi connectivity index (χ2v) is 7.90. The van der Waals surface area contributed by atoms with E-state index >= 15 is 0 Å². The molecule has 0 aliphatic heterocycles. The van der Waals surface area contributed by atoms with Gasteiger partial charge in [-0.3, -0.25) is 0 Å². The van der Waals surface area contributed by atoms with Crippen molar-refractivity contribution in [3.8, 4) is 0 Å². The third kappa shape index (κ3) is 4.97. The molecule has 140 valence electrons. The van der Waals surface area contributed by atoms with E-state index in [1.54, 1.807) is 6.08 Å². The number of carbonyl (C=O) groups is 1. The largest absolute Gasteiger partial charge is 0.466 e. The maximum atomic E-state index is 12.3. The number of ether oxygens (including phenoxy) is 1. The SMILES string of the molecule is COC(=O)/C=C/c1cc(CCNS(=O)(=O)c2ccc(Cl)cc2)n(C)c1C. The molecule has 2 aromatic rings. The van der Waals surface area contributed by atoms with E-state index in [2.05, 4.69) is 9.46 Å². The lowest BCUT2D eigenvalue weighted by molar-refractivity contribution is -0.134. The summed E-state index contributed by atoms with van der Waals surface area (Å²) in [4.78, 5) is 11.4. The van der Waals surface area contributed by atoms with E-state index in [-0.39, 0.29) is 11.4 Å². The zero-order valence-electron chi connectivity index (χ0n) is 14.8. The summed E-state index contributed by atoms with van der Waals surface area (Å²) in [6, 6.07) is 7.93. The maximum Gasteiger partial charge on any atom is 0.330 e. The van der Waals surface area contributed by atoms with Crippen molar-refractivity contribution < 1.29 is 17.9 Å². The van der Waals surface area contributed by atoms with Crippen LogP contribution in [0, 0.1) is 6.92 Å². The molecule has 0 saturated carbocycles. The highest BCUT2D eigenvalue weighted by atomic mass is 35.5. The van der Waals surface area contributed by atoms with Crippen molar-refractivity contribution in [3.05, 3.63) is 58.4 Å². The van der Waals surface area contributed by atoms with Crippen molar-refractivity contribution in [2.75, 3.05) is 13.7 Å². The molecule has 0 atom stereocenters. The smallest absolute Gasteiger partial charge is 0.330 e. The number of hydrogen-bond donors (Lipinski definition) is 1. The second-order valence-electron chi connectivity index (χ2n) is 5.69. The van der Waals surface area contributed by atoms with Crippen molar-refractivity contribution in [2.45, 2.75) is 18.2 Å². The van der Waals surface area contributed by atoms with E-state index in [0.29, 0.717) is 11.4 Å². The Morgan fingerprint density at radius 2 is 1.96 bits per heavy atom. The highest BCUT2D eigenvalue weighted by Gasteiger charge is 2.14. The first-order valence-corrected chi connectivity index (χ1v) is 9.77. The Morgan fingerprint density at radius 3 is 2.58 bits per heavy atom. The van der Waals surface area contributed by atoms with Crippen molar-refractivity contribution >= 4 is 33.7 Å². The van der Waals surface area contributed by atoms with Crippen LogP contribution in [-0.4, -0.2) is 32.6 Å². The van der Waals surface area contributed by atoms with Crippen LogP contribution in [0.15, 0.2) is 41.3 Å². The molecule has 0 aliphatic carbocycles. The van der Waals surface area contributed by atoms with Gasteiger partial charge in [0.2, 0.25) is 10.0 Å². The van der Waals surface area contributed by atoms with E-state index in [0.717, 1.165) is 17.0 Å². The topological polar surface area (TPSA) is 77.4 Å².